The number of ether oxygens (including phenoxy) is 1. The fourth-order valence-corrected chi connectivity index (χ4v) is 1.64. The maximum atomic E-state index is 10.6. The third-order valence-corrected chi connectivity index (χ3v) is 2.88. The van der Waals surface area contributed by atoms with Crippen LogP contribution < -0.4 is 10.1 Å². The van der Waals surface area contributed by atoms with E-state index in [1.165, 1.54) is 13.2 Å². The first-order chi connectivity index (χ1) is 10.6. The van der Waals surface area contributed by atoms with Crippen LogP contribution in [0.3, 0.4) is 0 Å². The van der Waals surface area contributed by atoms with Gasteiger partial charge >= 0.3 is 0 Å². The number of carbonyl (C=O) groups is 1. The summed E-state index contributed by atoms with van der Waals surface area (Å²) in [6.07, 6.45) is 5.00. The van der Waals surface area contributed by atoms with E-state index in [2.05, 4.69) is 10.3 Å². The highest BCUT2D eigenvalue weighted by molar-refractivity contribution is 5.72. The van der Waals surface area contributed by atoms with E-state index in [9.17, 15) is 9.90 Å². The number of hydrogen-bond donors (Lipinski definition) is 2. The van der Waals surface area contributed by atoms with Crippen LogP contribution in [-0.2, 0) is 4.79 Å². The Bertz CT molecular complexity index is 511. The molecule has 5 nitrogen and oxygen atoms in total. The molecule has 0 heterocycles. The second-order valence-electron chi connectivity index (χ2n) is 4.36. The highest BCUT2D eigenvalue weighted by Crippen LogP contribution is 2.29. The summed E-state index contributed by atoms with van der Waals surface area (Å²) < 4.78 is 4.96. The van der Waals surface area contributed by atoms with Gasteiger partial charge in [-0.05, 0) is 32.4 Å². The maximum absolute atomic E-state index is 10.6. The minimum absolute atomic E-state index is 0.0340. The third-order valence-electron chi connectivity index (χ3n) is 2.88. The molecule has 22 heavy (non-hydrogen) atoms. The van der Waals surface area contributed by atoms with E-state index in [0.29, 0.717) is 24.3 Å². The maximum Gasteiger partial charge on any atom is 0.207 e. The van der Waals surface area contributed by atoms with Crippen molar-refractivity contribution in [1.29, 1.82) is 0 Å². The molecular weight excluding hydrogens is 280 g/mol. The first kappa shape index (κ1) is 19.7. The standard InChI is InChI=1S/C15H20N2O3.C2H6/c1-4-11(2)7-13(17-10-18)9-16-12-5-6-15(20-3)14(19)8-12;1-2/h4-6,8-10,13,19H,7H2,1-3H3,(H,17,18);1-2H3/b11-4-,16-9?;. The van der Waals surface area contributed by atoms with E-state index >= 15 is 0 Å². The number of nitrogens with zero attached hydrogens (tertiary/aromatic N) is 1. The molecule has 0 aliphatic rings. The van der Waals surface area contributed by atoms with Crippen LogP contribution in [-0.4, -0.2) is 30.9 Å². The molecule has 122 valence electrons. The van der Waals surface area contributed by atoms with Crippen LogP contribution in [0.4, 0.5) is 5.69 Å². The zero-order valence-electron chi connectivity index (χ0n) is 14.0. The number of nitrogens with one attached hydrogen (secondary N) is 1. The number of phenols is 1. The minimum atomic E-state index is -0.173. The number of methoxy groups -OCH3 is 1. The van der Waals surface area contributed by atoms with Crippen LogP contribution in [0.25, 0.3) is 0 Å². The summed E-state index contributed by atoms with van der Waals surface area (Å²) in [6, 6.07) is 4.71. The van der Waals surface area contributed by atoms with E-state index < -0.39 is 0 Å². The Morgan fingerprint density at radius 1 is 1.45 bits per heavy atom. The molecule has 0 saturated carbocycles. The van der Waals surface area contributed by atoms with Crippen molar-refractivity contribution < 1.29 is 14.6 Å². The number of phenolic OH excluding ortho intramolecular Hbond substituents is 1. The fourth-order valence-electron chi connectivity index (χ4n) is 1.64. The summed E-state index contributed by atoms with van der Waals surface area (Å²) in [7, 11) is 1.49. The van der Waals surface area contributed by atoms with Crippen molar-refractivity contribution >= 4 is 18.3 Å². The van der Waals surface area contributed by atoms with Gasteiger partial charge in [0.1, 0.15) is 0 Å². The molecule has 1 amide bonds. The molecule has 0 spiro atoms. The van der Waals surface area contributed by atoms with Crippen LogP contribution in [0.1, 0.15) is 34.1 Å². The largest absolute Gasteiger partial charge is 0.504 e. The molecule has 0 bridgehead atoms. The quantitative estimate of drug-likeness (QED) is 0.459. The van der Waals surface area contributed by atoms with Crippen molar-refractivity contribution in [2.75, 3.05) is 7.11 Å². The van der Waals surface area contributed by atoms with Crippen molar-refractivity contribution in [3.8, 4) is 11.5 Å². The van der Waals surface area contributed by atoms with Gasteiger partial charge in [-0.25, -0.2) is 0 Å². The highest BCUT2D eigenvalue weighted by atomic mass is 16.5. The summed E-state index contributed by atoms with van der Waals surface area (Å²) in [5.41, 5.74) is 1.76. The molecule has 5 heteroatoms. The molecular formula is C17H26N2O3. The van der Waals surface area contributed by atoms with Gasteiger partial charge in [0.15, 0.2) is 11.5 Å². The first-order valence-electron chi connectivity index (χ1n) is 7.33. The zero-order valence-corrected chi connectivity index (χ0v) is 14.0. The number of rotatable bonds is 7. The highest BCUT2D eigenvalue weighted by Gasteiger charge is 2.05. The Labute approximate surface area is 132 Å². The van der Waals surface area contributed by atoms with Gasteiger partial charge in [0.25, 0.3) is 0 Å². The van der Waals surface area contributed by atoms with Gasteiger partial charge in [-0.1, -0.05) is 25.5 Å². The number of carbonyl (C=O) groups excluding carboxylic acids is 1. The number of allylic oxidation sites excluding steroid dienone is 1. The van der Waals surface area contributed by atoms with Crippen molar-refractivity contribution in [2.24, 2.45) is 4.99 Å². The molecule has 1 unspecified atom stereocenters. The minimum Gasteiger partial charge on any atom is -0.504 e. The van der Waals surface area contributed by atoms with Crippen molar-refractivity contribution in [3.63, 3.8) is 0 Å². The van der Waals surface area contributed by atoms with Crippen LogP contribution >= 0.6 is 0 Å². The van der Waals surface area contributed by atoms with Gasteiger partial charge < -0.3 is 15.2 Å². The van der Waals surface area contributed by atoms with Gasteiger partial charge in [0.05, 0.1) is 18.8 Å². The van der Waals surface area contributed by atoms with E-state index in [4.69, 9.17) is 4.74 Å². The normalized spacial score (nSPS) is 12.3. The van der Waals surface area contributed by atoms with Gasteiger partial charge in [-0.2, -0.15) is 0 Å². The first-order valence-corrected chi connectivity index (χ1v) is 7.33. The Balaban J connectivity index is 0.00000211. The predicted octanol–water partition coefficient (Wildman–Crippen LogP) is 3.60. The summed E-state index contributed by atoms with van der Waals surface area (Å²) >= 11 is 0. The van der Waals surface area contributed by atoms with E-state index in [1.54, 1.807) is 18.3 Å². The summed E-state index contributed by atoms with van der Waals surface area (Å²) in [6.45, 7) is 7.94. The van der Waals surface area contributed by atoms with E-state index in [0.717, 1.165) is 5.57 Å². The Morgan fingerprint density at radius 3 is 2.64 bits per heavy atom. The van der Waals surface area contributed by atoms with Crippen LogP contribution in [0.15, 0.2) is 34.8 Å². The zero-order chi connectivity index (χ0) is 17.0. The second kappa shape index (κ2) is 11.4. The van der Waals surface area contributed by atoms with Crippen molar-refractivity contribution in [2.45, 2.75) is 40.2 Å². The van der Waals surface area contributed by atoms with Crippen LogP contribution in [0.5, 0.6) is 11.5 Å². The lowest BCUT2D eigenvalue weighted by atomic mass is 10.1. The molecule has 0 aliphatic carbocycles. The molecule has 0 aliphatic heterocycles. The molecule has 0 radical (unpaired) electrons. The van der Waals surface area contributed by atoms with E-state index in [-0.39, 0.29) is 11.8 Å². The van der Waals surface area contributed by atoms with Gasteiger partial charge in [0.2, 0.25) is 6.41 Å². The lowest BCUT2D eigenvalue weighted by molar-refractivity contribution is -0.109. The Kier molecular flexibility index (Phi) is 10.2. The molecule has 1 aromatic rings. The predicted molar refractivity (Wildman–Crippen MR) is 91.2 cm³/mol. The number of aliphatic imine (C=N–C) groups is 1. The Hall–Kier alpha value is -2.30. The van der Waals surface area contributed by atoms with Gasteiger partial charge in [-0.3, -0.25) is 9.79 Å². The number of amides is 1. The van der Waals surface area contributed by atoms with Gasteiger partial charge in [0, 0.05) is 12.3 Å². The average Bonchev–Trinajstić information content (AvgIpc) is 2.54. The summed E-state index contributed by atoms with van der Waals surface area (Å²) in [4.78, 5) is 14.8. The molecule has 0 saturated heterocycles. The lowest BCUT2D eigenvalue weighted by Crippen LogP contribution is -2.29. The molecule has 1 atom stereocenters. The molecule has 1 rings (SSSR count). The van der Waals surface area contributed by atoms with Crippen molar-refractivity contribution in [3.05, 3.63) is 29.8 Å². The molecule has 2 N–H and O–H groups in total. The van der Waals surface area contributed by atoms with Crippen LogP contribution in [0.2, 0.25) is 0 Å². The molecule has 1 aromatic carbocycles. The molecule has 0 aromatic heterocycles. The number of benzene rings is 1. The smallest absolute Gasteiger partial charge is 0.207 e. The summed E-state index contributed by atoms with van der Waals surface area (Å²) in [5.74, 6) is 0.433. The third kappa shape index (κ3) is 6.92. The van der Waals surface area contributed by atoms with Crippen molar-refractivity contribution in [1.82, 2.24) is 5.32 Å². The van der Waals surface area contributed by atoms with Crippen LogP contribution in [0, 0.1) is 0 Å². The number of aromatic hydroxyl groups is 1. The lowest BCUT2D eigenvalue weighted by Gasteiger charge is -2.11. The van der Waals surface area contributed by atoms with E-state index in [1.807, 2.05) is 33.8 Å². The SMILES string of the molecule is C/C=C(/C)CC(C=Nc1ccc(OC)c(O)c1)NC=O.CC. The second-order valence-corrected chi connectivity index (χ2v) is 4.36. The van der Waals surface area contributed by atoms with Gasteiger partial charge in [-0.15, -0.1) is 0 Å². The monoisotopic (exact) mass is 306 g/mol. The average molecular weight is 306 g/mol. The number of hydrogen-bond acceptors (Lipinski definition) is 4. The summed E-state index contributed by atoms with van der Waals surface area (Å²) in [5, 5.41) is 12.4. The Morgan fingerprint density at radius 2 is 2.14 bits per heavy atom. The topological polar surface area (TPSA) is 70.9 Å². The fraction of sp³-hybridized carbons (Fsp3) is 0.412. The molecule has 0 fully saturated rings.